The van der Waals surface area contributed by atoms with Gasteiger partial charge in [0.25, 0.3) is 0 Å². The first-order valence-corrected chi connectivity index (χ1v) is 19.9. The molecule has 264 valence electrons. The minimum atomic E-state index is 1.09. The quantitative estimate of drug-likeness (QED) is 0.150. The van der Waals surface area contributed by atoms with E-state index in [2.05, 4.69) is 229 Å². The largest absolute Gasteiger partial charge is 0.310 e. The van der Waals surface area contributed by atoms with Crippen molar-refractivity contribution in [2.45, 2.75) is 0 Å². The van der Waals surface area contributed by atoms with Gasteiger partial charge in [-0.1, -0.05) is 182 Å². The SMILES string of the molecule is c1ccc(-c2ccc(-c3c(N(c4ccc(-c5ccccc5)cc4)c4ccc(-c5ccccc5)c(-c5ccccc5)c4)ccc4sc5ccccc5c34)cc2)cc1. The lowest BCUT2D eigenvalue weighted by Crippen LogP contribution is -2.12. The summed E-state index contributed by atoms with van der Waals surface area (Å²) in [6.07, 6.45) is 0. The van der Waals surface area contributed by atoms with E-state index in [-0.39, 0.29) is 0 Å². The molecule has 2 heteroatoms. The maximum atomic E-state index is 2.46. The Labute approximate surface area is 332 Å². The maximum Gasteiger partial charge on any atom is 0.0547 e. The van der Waals surface area contributed by atoms with Crippen LogP contribution >= 0.6 is 11.3 Å². The van der Waals surface area contributed by atoms with Crippen LogP contribution in [0.2, 0.25) is 0 Å². The zero-order valence-electron chi connectivity index (χ0n) is 30.7. The average molecular weight is 732 g/mol. The molecule has 10 aromatic rings. The van der Waals surface area contributed by atoms with Crippen LogP contribution in [0.4, 0.5) is 17.1 Å². The molecule has 0 atom stereocenters. The number of benzene rings is 9. The van der Waals surface area contributed by atoms with Gasteiger partial charge in [0.15, 0.2) is 0 Å². The van der Waals surface area contributed by atoms with Crippen molar-refractivity contribution in [1.82, 2.24) is 0 Å². The third kappa shape index (κ3) is 6.26. The highest BCUT2D eigenvalue weighted by atomic mass is 32.1. The van der Waals surface area contributed by atoms with Crippen molar-refractivity contribution in [1.29, 1.82) is 0 Å². The van der Waals surface area contributed by atoms with Crippen LogP contribution in [-0.2, 0) is 0 Å². The van der Waals surface area contributed by atoms with Crippen LogP contribution in [0.25, 0.3) is 75.8 Å². The van der Waals surface area contributed by atoms with E-state index in [1.54, 1.807) is 0 Å². The molecule has 9 aromatic carbocycles. The van der Waals surface area contributed by atoms with Gasteiger partial charge in [-0.2, -0.15) is 0 Å². The molecule has 10 rings (SSSR count). The van der Waals surface area contributed by atoms with Crippen molar-refractivity contribution < 1.29 is 0 Å². The normalized spacial score (nSPS) is 11.2. The van der Waals surface area contributed by atoms with Crippen LogP contribution in [0.3, 0.4) is 0 Å². The van der Waals surface area contributed by atoms with E-state index in [4.69, 9.17) is 0 Å². The lowest BCUT2D eigenvalue weighted by Gasteiger charge is -2.29. The molecule has 1 heterocycles. The van der Waals surface area contributed by atoms with Crippen molar-refractivity contribution in [2.24, 2.45) is 0 Å². The highest BCUT2D eigenvalue weighted by molar-refractivity contribution is 7.26. The first kappa shape index (κ1) is 33.6. The molecule has 1 nitrogen and oxygen atoms in total. The van der Waals surface area contributed by atoms with Crippen LogP contribution in [-0.4, -0.2) is 0 Å². The maximum absolute atomic E-state index is 2.46. The summed E-state index contributed by atoms with van der Waals surface area (Å²) >= 11 is 1.86. The van der Waals surface area contributed by atoms with E-state index in [1.165, 1.54) is 75.8 Å². The van der Waals surface area contributed by atoms with Gasteiger partial charge in [0.05, 0.1) is 5.69 Å². The molecule has 0 aliphatic heterocycles. The molecule has 0 aliphatic rings. The predicted molar refractivity (Wildman–Crippen MR) is 241 cm³/mol. The second-order valence-corrected chi connectivity index (χ2v) is 15.2. The molecule has 0 saturated carbocycles. The zero-order chi connectivity index (χ0) is 37.3. The van der Waals surface area contributed by atoms with Gasteiger partial charge in [-0.05, 0) is 92.5 Å². The fourth-order valence-corrected chi connectivity index (χ4v) is 9.12. The fourth-order valence-electron chi connectivity index (χ4n) is 8.00. The number of rotatable bonds is 8. The lowest BCUT2D eigenvalue weighted by atomic mass is 9.92. The Morgan fingerprint density at radius 3 is 1.38 bits per heavy atom. The van der Waals surface area contributed by atoms with Crippen molar-refractivity contribution in [2.75, 3.05) is 4.90 Å². The lowest BCUT2D eigenvalue weighted by molar-refractivity contribution is 1.29. The van der Waals surface area contributed by atoms with Crippen molar-refractivity contribution in [3.8, 4) is 55.6 Å². The van der Waals surface area contributed by atoms with Gasteiger partial charge in [-0.15, -0.1) is 11.3 Å². The summed E-state index contributed by atoms with van der Waals surface area (Å²) in [6.45, 7) is 0. The van der Waals surface area contributed by atoms with Crippen LogP contribution in [0.15, 0.2) is 224 Å². The predicted octanol–water partition coefficient (Wildman–Crippen LogP) is 15.9. The number of anilines is 3. The zero-order valence-corrected chi connectivity index (χ0v) is 31.5. The fraction of sp³-hybridized carbons (Fsp3) is 0. The van der Waals surface area contributed by atoms with Crippen molar-refractivity contribution in [3.63, 3.8) is 0 Å². The molecule has 56 heavy (non-hydrogen) atoms. The minimum absolute atomic E-state index is 1.09. The van der Waals surface area contributed by atoms with Gasteiger partial charge in [-0.25, -0.2) is 0 Å². The molecule has 0 unspecified atom stereocenters. The summed E-state index contributed by atoms with van der Waals surface area (Å²) in [5, 5.41) is 2.56. The highest BCUT2D eigenvalue weighted by Gasteiger charge is 2.23. The van der Waals surface area contributed by atoms with Crippen LogP contribution < -0.4 is 4.90 Å². The Kier molecular flexibility index (Phi) is 8.79. The van der Waals surface area contributed by atoms with Crippen molar-refractivity contribution in [3.05, 3.63) is 224 Å². The van der Waals surface area contributed by atoms with Crippen LogP contribution in [0.1, 0.15) is 0 Å². The third-order valence-corrected chi connectivity index (χ3v) is 11.8. The topological polar surface area (TPSA) is 3.24 Å². The monoisotopic (exact) mass is 731 g/mol. The summed E-state index contributed by atoms with van der Waals surface area (Å²) in [7, 11) is 0. The summed E-state index contributed by atoms with van der Waals surface area (Å²) in [6, 6.07) is 81.4. The summed E-state index contributed by atoms with van der Waals surface area (Å²) in [5.74, 6) is 0. The van der Waals surface area contributed by atoms with Gasteiger partial charge in [0.2, 0.25) is 0 Å². The molecule has 1 aromatic heterocycles. The van der Waals surface area contributed by atoms with E-state index in [0.717, 1.165) is 17.1 Å². The number of fused-ring (bicyclic) bond motifs is 3. The molecule has 0 bridgehead atoms. The minimum Gasteiger partial charge on any atom is -0.310 e. The van der Waals surface area contributed by atoms with Crippen molar-refractivity contribution >= 4 is 48.6 Å². The van der Waals surface area contributed by atoms with Crippen LogP contribution in [0, 0.1) is 0 Å². The summed E-state index contributed by atoms with van der Waals surface area (Å²) < 4.78 is 2.57. The second-order valence-electron chi connectivity index (χ2n) is 14.1. The number of hydrogen-bond acceptors (Lipinski definition) is 2. The second kappa shape index (κ2) is 14.7. The Bertz CT molecular complexity index is 2920. The van der Waals surface area contributed by atoms with E-state index in [1.807, 2.05) is 11.3 Å². The van der Waals surface area contributed by atoms with E-state index < -0.39 is 0 Å². The van der Waals surface area contributed by atoms with Gasteiger partial charge < -0.3 is 4.90 Å². The number of thiophene rings is 1. The van der Waals surface area contributed by atoms with Gasteiger partial charge in [0.1, 0.15) is 0 Å². The molecular weight excluding hydrogens is 695 g/mol. The summed E-state index contributed by atoms with van der Waals surface area (Å²) in [4.78, 5) is 2.46. The highest BCUT2D eigenvalue weighted by Crippen LogP contribution is 2.50. The Balaban J connectivity index is 1.24. The Morgan fingerprint density at radius 1 is 0.304 bits per heavy atom. The van der Waals surface area contributed by atoms with E-state index in [9.17, 15) is 0 Å². The average Bonchev–Trinajstić information content (AvgIpc) is 3.67. The summed E-state index contributed by atoms with van der Waals surface area (Å²) in [5.41, 5.74) is 15.3. The standard InChI is InChI=1S/C54H37NS/c1-5-15-38(16-6-1)40-25-27-44(28-26-40)53-50(35-36-52-54(53)48-23-13-14-24-51(48)56-52)55(45-31-29-41(30-32-45)39-17-7-2-8-18-39)46-33-34-47(42-19-9-3-10-20-42)49(37-46)43-21-11-4-12-22-43/h1-37H. The molecule has 0 aliphatic carbocycles. The third-order valence-electron chi connectivity index (χ3n) is 10.7. The van der Waals surface area contributed by atoms with Gasteiger partial charge in [-0.3, -0.25) is 0 Å². The Hall–Kier alpha value is -7.00. The number of nitrogens with zero attached hydrogens (tertiary/aromatic N) is 1. The molecule has 0 spiro atoms. The number of hydrogen-bond donors (Lipinski definition) is 0. The van der Waals surface area contributed by atoms with Gasteiger partial charge >= 0.3 is 0 Å². The van der Waals surface area contributed by atoms with E-state index in [0.29, 0.717) is 0 Å². The van der Waals surface area contributed by atoms with E-state index >= 15 is 0 Å². The van der Waals surface area contributed by atoms with Crippen LogP contribution in [0.5, 0.6) is 0 Å². The molecule has 0 fully saturated rings. The molecule has 0 saturated heterocycles. The Morgan fingerprint density at radius 2 is 0.768 bits per heavy atom. The first-order chi connectivity index (χ1) is 27.8. The molecular formula is C54H37NS. The van der Waals surface area contributed by atoms with Gasteiger partial charge in [0, 0.05) is 37.1 Å². The smallest absolute Gasteiger partial charge is 0.0547 e. The molecule has 0 N–H and O–H groups in total. The molecule has 0 amide bonds. The molecule has 0 radical (unpaired) electrons. The first-order valence-electron chi connectivity index (χ1n) is 19.1.